The Morgan fingerprint density at radius 3 is 2.38 bits per heavy atom. The summed E-state index contributed by atoms with van der Waals surface area (Å²) in [5.74, 6) is 0. The van der Waals surface area contributed by atoms with Crippen LogP contribution in [0.3, 0.4) is 0 Å². The fourth-order valence-corrected chi connectivity index (χ4v) is 1.27. The van der Waals surface area contributed by atoms with E-state index in [0.717, 1.165) is 18.0 Å². The maximum atomic E-state index is 4.29. The molecule has 0 spiro atoms. The third-order valence-electron chi connectivity index (χ3n) is 1.35. The van der Waals surface area contributed by atoms with E-state index in [2.05, 4.69) is 38.1 Å². The van der Waals surface area contributed by atoms with Crippen molar-refractivity contribution in [2.24, 2.45) is 0 Å². The van der Waals surface area contributed by atoms with Crippen LogP contribution in [-0.4, -0.2) is 25.0 Å². The van der Waals surface area contributed by atoms with Gasteiger partial charge in [-0.25, -0.2) is 0 Å². The van der Waals surface area contributed by atoms with Crippen LogP contribution in [0.1, 0.15) is 27.2 Å². The van der Waals surface area contributed by atoms with Crippen molar-refractivity contribution < 1.29 is 0 Å². The molecule has 13 heavy (non-hydrogen) atoms. The molecular weight excluding hydrogens is 178 g/mol. The fourth-order valence-electron chi connectivity index (χ4n) is 0.926. The van der Waals surface area contributed by atoms with Gasteiger partial charge in [0.25, 0.3) is 0 Å². The Hall–Kier alpha value is -0.210. The first-order valence-corrected chi connectivity index (χ1v) is 5.34. The molecule has 0 amide bonds. The summed E-state index contributed by atoms with van der Waals surface area (Å²) in [4.78, 5) is 3.30. The summed E-state index contributed by atoms with van der Waals surface area (Å²) in [6, 6.07) is 0. The molecule has 0 atom stereocenters. The minimum atomic E-state index is 0.920. The fraction of sp³-hybridized carbons (Fsp3) is 0.636. The second kappa shape index (κ2) is 11.8. The molecule has 0 aromatic heterocycles. The first-order valence-electron chi connectivity index (χ1n) is 4.89. The molecule has 0 saturated heterocycles. The first kappa shape index (κ1) is 15.3. The van der Waals surface area contributed by atoms with Crippen molar-refractivity contribution >= 4 is 12.6 Å². The lowest BCUT2D eigenvalue weighted by atomic mass is 10.4. The van der Waals surface area contributed by atoms with E-state index in [9.17, 15) is 0 Å². The van der Waals surface area contributed by atoms with Crippen LogP contribution in [0.25, 0.3) is 0 Å². The average Bonchev–Trinajstić information content (AvgIpc) is 2.08. The number of allylic oxidation sites excluding steroid dienone is 2. The van der Waals surface area contributed by atoms with Crippen LogP contribution in [0.5, 0.6) is 0 Å². The molecule has 0 aromatic carbocycles. The second-order valence-electron chi connectivity index (χ2n) is 2.63. The summed E-state index contributed by atoms with van der Waals surface area (Å²) >= 11 is 4.29. The van der Waals surface area contributed by atoms with Crippen molar-refractivity contribution in [1.82, 2.24) is 4.90 Å². The minimum Gasteiger partial charge on any atom is -0.302 e. The zero-order valence-electron chi connectivity index (χ0n) is 9.38. The number of rotatable bonds is 5. The Kier molecular flexibility index (Phi) is 13.8. The number of likely N-dealkylation sites (N-methyl/N-ethyl adjacent to an activating group) is 1. The monoisotopic (exact) mass is 201 g/mol. The molecule has 0 heterocycles. The summed E-state index contributed by atoms with van der Waals surface area (Å²) in [6.07, 6.45) is 4.88. The molecule has 2 heteroatoms. The van der Waals surface area contributed by atoms with Gasteiger partial charge in [0, 0.05) is 6.54 Å². The van der Waals surface area contributed by atoms with Gasteiger partial charge in [-0.2, -0.15) is 0 Å². The number of thiol groups is 1. The Labute approximate surface area is 88.9 Å². The van der Waals surface area contributed by atoms with Crippen molar-refractivity contribution in [3.8, 4) is 0 Å². The van der Waals surface area contributed by atoms with Gasteiger partial charge in [-0.05, 0) is 24.9 Å². The van der Waals surface area contributed by atoms with Gasteiger partial charge < -0.3 is 4.90 Å². The van der Waals surface area contributed by atoms with E-state index in [1.807, 2.05) is 19.9 Å². The van der Waals surface area contributed by atoms with E-state index in [1.165, 1.54) is 6.42 Å². The molecular formula is C11H23NS. The molecule has 0 aliphatic carbocycles. The van der Waals surface area contributed by atoms with Gasteiger partial charge in [0.1, 0.15) is 0 Å². The molecule has 0 unspecified atom stereocenters. The highest BCUT2D eigenvalue weighted by Crippen LogP contribution is 2.02. The van der Waals surface area contributed by atoms with Gasteiger partial charge in [-0.15, -0.1) is 12.6 Å². The summed E-state index contributed by atoms with van der Waals surface area (Å²) < 4.78 is 0. The van der Waals surface area contributed by atoms with Crippen molar-refractivity contribution in [2.75, 3.05) is 20.1 Å². The summed E-state index contributed by atoms with van der Waals surface area (Å²) in [6.45, 7) is 11.8. The van der Waals surface area contributed by atoms with Gasteiger partial charge in [0.15, 0.2) is 0 Å². The Morgan fingerprint density at radius 2 is 2.00 bits per heavy atom. The van der Waals surface area contributed by atoms with Crippen LogP contribution >= 0.6 is 12.6 Å². The number of nitrogens with zero attached hydrogens (tertiary/aromatic N) is 1. The summed E-state index contributed by atoms with van der Waals surface area (Å²) in [7, 11) is 2.09. The highest BCUT2D eigenvalue weighted by atomic mass is 32.1. The molecule has 1 nitrogen and oxygen atoms in total. The second-order valence-corrected chi connectivity index (χ2v) is 3.21. The van der Waals surface area contributed by atoms with Gasteiger partial charge in [0.2, 0.25) is 0 Å². The number of hydrogen-bond acceptors (Lipinski definition) is 2. The molecule has 0 bridgehead atoms. The van der Waals surface area contributed by atoms with Crippen LogP contribution in [0.15, 0.2) is 23.6 Å². The standard InChI is InChI=1S/C9H17NS.C2H6/c1-4-6-9(11)8-10(3)7-5-2;1-2/h4,6,11H,1,5,7-8H2,2-3H3;1-2H3/b9-6-;. The third-order valence-corrected chi connectivity index (χ3v) is 1.64. The maximum Gasteiger partial charge on any atom is 0.0287 e. The predicted octanol–water partition coefficient (Wildman–Crippen LogP) is 3.35. The molecule has 0 N–H and O–H groups in total. The molecule has 0 radical (unpaired) electrons. The van der Waals surface area contributed by atoms with Crippen molar-refractivity contribution in [3.63, 3.8) is 0 Å². The molecule has 78 valence electrons. The van der Waals surface area contributed by atoms with E-state index in [4.69, 9.17) is 0 Å². The van der Waals surface area contributed by atoms with E-state index >= 15 is 0 Å². The van der Waals surface area contributed by atoms with Gasteiger partial charge >= 0.3 is 0 Å². The highest BCUT2D eigenvalue weighted by molar-refractivity contribution is 7.84. The normalized spacial score (nSPS) is 10.8. The molecule has 0 aromatic rings. The van der Waals surface area contributed by atoms with Gasteiger partial charge in [0.05, 0.1) is 0 Å². The molecule has 0 saturated carbocycles. The predicted molar refractivity (Wildman–Crippen MR) is 66.4 cm³/mol. The van der Waals surface area contributed by atoms with E-state index in [-0.39, 0.29) is 0 Å². The van der Waals surface area contributed by atoms with Crippen molar-refractivity contribution in [2.45, 2.75) is 27.2 Å². The molecule has 0 fully saturated rings. The van der Waals surface area contributed by atoms with Crippen molar-refractivity contribution in [1.29, 1.82) is 0 Å². The lowest BCUT2D eigenvalue weighted by Crippen LogP contribution is -2.20. The lowest BCUT2D eigenvalue weighted by molar-refractivity contribution is 0.369. The van der Waals surface area contributed by atoms with E-state index < -0.39 is 0 Å². The Morgan fingerprint density at radius 1 is 1.46 bits per heavy atom. The zero-order valence-corrected chi connectivity index (χ0v) is 10.3. The van der Waals surface area contributed by atoms with Crippen LogP contribution in [0, 0.1) is 0 Å². The van der Waals surface area contributed by atoms with Crippen LogP contribution in [0.4, 0.5) is 0 Å². The number of hydrogen-bond donors (Lipinski definition) is 1. The van der Waals surface area contributed by atoms with E-state index in [1.54, 1.807) is 6.08 Å². The van der Waals surface area contributed by atoms with Crippen molar-refractivity contribution in [3.05, 3.63) is 23.6 Å². The van der Waals surface area contributed by atoms with Crippen LogP contribution in [-0.2, 0) is 0 Å². The van der Waals surface area contributed by atoms with E-state index in [0.29, 0.717) is 0 Å². The molecule has 0 aliphatic rings. The largest absolute Gasteiger partial charge is 0.302 e. The smallest absolute Gasteiger partial charge is 0.0287 e. The summed E-state index contributed by atoms with van der Waals surface area (Å²) in [5.41, 5.74) is 0. The minimum absolute atomic E-state index is 0.920. The lowest BCUT2D eigenvalue weighted by Gasteiger charge is -2.14. The van der Waals surface area contributed by atoms with Gasteiger partial charge in [-0.1, -0.05) is 39.5 Å². The average molecular weight is 201 g/mol. The first-order chi connectivity index (χ1) is 6.20. The topological polar surface area (TPSA) is 3.24 Å². The van der Waals surface area contributed by atoms with Crippen LogP contribution in [0.2, 0.25) is 0 Å². The third kappa shape index (κ3) is 11.8. The Balaban J connectivity index is 0. The highest BCUT2D eigenvalue weighted by Gasteiger charge is 1.96. The van der Waals surface area contributed by atoms with Gasteiger partial charge in [-0.3, -0.25) is 0 Å². The maximum absolute atomic E-state index is 4.29. The molecule has 0 rings (SSSR count). The van der Waals surface area contributed by atoms with Crippen LogP contribution < -0.4 is 0 Å². The summed E-state index contributed by atoms with van der Waals surface area (Å²) in [5, 5.41) is 0. The Bertz CT molecular complexity index is 141. The zero-order chi connectivity index (χ0) is 10.7. The quantitative estimate of drug-likeness (QED) is 0.527. The SMILES string of the molecule is C=C/C=C(\S)CN(C)CCC.CC. The molecule has 0 aliphatic heterocycles.